The average molecular weight is 200 g/mol. The molecule has 0 spiro atoms. The van der Waals surface area contributed by atoms with Gasteiger partial charge in [0.25, 0.3) is 0 Å². The quantitative estimate of drug-likeness (QED) is 0.543. The standard InChI is InChI=1S/C11H20O3/c1-7(2)8(3)10(9(4)12)6-11(13)14-5/h7,9-10,12H,3,6H2,1-2,4-5H3. The summed E-state index contributed by atoms with van der Waals surface area (Å²) in [4.78, 5) is 11.1. The van der Waals surface area contributed by atoms with Crippen molar-refractivity contribution in [3.63, 3.8) is 0 Å². The molecule has 0 aromatic carbocycles. The Balaban J connectivity index is 4.45. The molecular formula is C11H20O3. The summed E-state index contributed by atoms with van der Waals surface area (Å²) < 4.78 is 4.57. The molecule has 0 aromatic heterocycles. The molecule has 0 aliphatic rings. The van der Waals surface area contributed by atoms with Crippen molar-refractivity contribution in [1.82, 2.24) is 0 Å². The Labute approximate surface area is 85.8 Å². The molecule has 0 aliphatic carbocycles. The van der Waals surface area contributed by atoms with Crippen LogP contribution in [0.4, 0.5) is 0 Å². The van der Waals surface area contributed by atoms with Crippen molar-refractivity contribution in [3.8, 4) is 0 Å². The first-order valence-corrected chi connectivity index (χ1v) is 4.83. The van der Waals surface area contributed by atoms with E-state index in [0.29, 0.717) is 0 Å². The minimum Gasteiger partial charge on any atom is -0.469 e. The summed E-state index contributed by atoms with van der Waals surface area (Å²) >= 11 is 0. The molecule has 0 bridgehead atoms. The van der Waals surface area contributed by atoms with Gasteiger partial charge in [-0.3, -0.25) is 4.79 Å². The van der Waals surface area contributed by atoms with Crippen molar-refractivity contribution < 1.29 is 14.6 Å². The number of esters is 1. The van der Waals surface area contributed by atoms with Crippen molar-refractivity contribution in [3.05, 3.63) is 12.2 Å². The van der Waals surface area contributed by atoms with Crippen LogP contribution in [-0.4, -0.2) is 24.3 Å². The number of hydrogen-bond acceptors (Lipinski definition) is 3. The molecule has 0 rings (SSSR count). The molecule has 0 radical (unpaired) electrons. The number of rotatable bonds is 5. The number of ether oxygens (including phenoxy) is 1. The summed E-state index contributed by atoms with van der Waals surface area (Å²) in [7, 11) is 1.35. The Morgan fingerprint density at radius 2 is 1.93 bits per heavy atom. The lowest BCUT2D eigenvalue weighted by Gasteiger charge is -2.23. The van der Waals surface area contributed by atoms with Crippen LogP contribution in [0.5, 0.6) is 0 Å². The molecule has 14 heavy (non-hydrogen) atoms. The molecule has 2 atom stereocenters. The van der Waals surface area contributed by atoms with Crippen LogP contribution in [0, 0.1) is 11.8 Å². The largest absolute Gasteiger partial charge is 0.469 e. The van der Waals surface area contributed by atoms with Gasteiger partial charge in [0.05, 0.1) is 19.6 Å². The van der Waals surface area contributed by atoms with E-state index in [2.05, 4.69) is 11.3 Å². The average Bonchev–Trinajstić information content (AvgIpc) is 2.11. The lowest BCUT2D eigenvalue weighted by Crippen LogP contribution is -2.24. The van der Waals surface area contributed by atoms with Crippen molar-refractivity contribution in [1.29, 1.82) is 0 Å². The molecule has 0 aromatic rings. The maximum absolute atomic E-state index is 11.1. The highest BCUT2D eigenvalue weighted by molar-refractivity contribution is 5.70. The highest BCUT2D eigenvalue weighted by Crippen LogP contribution is 2.24. The van der Waals surface area contributed by atoms with Crippen LogP contribution in [0.2, 0.25) is 0 Å². The van der Waals surface area contributed by atoms with Crippen LogP contribution in [-0.2, 0) is 9.53 Å². The highest BCUT2D eigenvalue weighted by Gasteiger charge is 2.23. The van der Waals surface area contributed by atoms with Crippen LogP contribution in [0.25, 0.3) is 0 Å². The van der Waals surface area contributed by atoms with Gasteiger partial charge in [-0.25, -0.2) is 0 Å². The van der Waals surface area contributed by atoms with Crippen LogP contribution in [0.1, 0.15) is 27.2 Å². The third-order valence-electron chi connectivity index (χ3n) is 2.41. The fourth-order valence-corrected chi connectivity index (χ4v) is 1.30. The van der Waals surface area contributed by atoms with E-state index in [1.54, 1.807) is 6.92 Å². The van der Waals surface area contributed by atoms with Crippen LogP contribution < -0.4 is 0 Å². The lowest BCUT2D eigenvalue weighted by atomic mass is 9.85. The van der Waals surface area contributed by atoms with Gasteiger partial charge in [-0.2, -0.15) is 0 Å². The first-order chi connectivity index (χ1) is 6.40. The van der Waals surface area contributed by atoms with E-state index >= 15 is 0 Å². The molecule has 3 heteroatoms. The maximum atomic E-state index is 11.1. The van der Waals surface area contributed by atoms with Gasteiger partial charge in [-0.1, -0.05) is 26.0 Å². The Morgan fingerprint density at radius 1 is 1.43 bits per heavy atom. The minimum atomic E-state index is -0.566. The maximum Gasteiger partial charge on any atom is 0.306 e. The summed E-state index contributed by atoms with van der Waals surface area (Å²) in [5, 5.41) is 9.51. The van der Waals surface area contributed by atoms with E-state index in [9.17, 15) is 9.90 Å². The molecule has 0 saturated carbocycles. The zero-order valence-electron chi connectivity index (χ0n) is 9.41. The third kappa shape index (κ3) is 3.92. The van der Waals surface area contributed by atoms with E-state index in [1.165, 1.54) is 7.11 Å². The molecule has 2 unspecified atom stereocenters. The van der Waals surface area contributed by atoms with Gasteiger partial charge in [-0.05, 0) is 12.8 Å². The normalized spacial score (nSPS) is 15.0. The molecule has 82 valence electrons. The Morgan fingerprint density at radius 3 is 2.21 bits per heavy atom. The highest BCUT2D eigenvalue weighted by atomic mass is 16.5. The van der Waals surface area contributed by atoms with Gasteiger partial charge in [0.2, 0.25) is 0 Å². The monoisotopic (exact) mass is 200 g/mol. The predicted octanol–water partition coefficient (Wildman–Crippen LogP) is 1.76. The van der Waals surface area contributed by atoms with Gasteiger partial charge in [0.1, 0.15) is 0 Å². The van der Waals surface area contributed by atoms with E-state index < -0.39 is 6.10 Å². The smallest absolute Gasteiger partial charge is 0.306 e. The van der Waals surface area contributed by atoms with Crippen molar-refractivity contribution in [2.75, 3.05) is 7.11 Å². The van der Waals surface area contributed by atoms with Crippen LogP contribution in [0.15, 0.2) is 12.2 Å². The first kappa shape index (κ1) is 13.2. The van der Waals surface area contributed by atoms with Crippen LogP contribution in [0.3, 0.4) is 0 Å². The number of hydrogen-bond donors (Lipinski definition) is 1. The van der Waals surface area contributed by atoms with E-state index in [-0.39, 0.29) is 24.2 Å². The summed E-state index contributed by atoms with van der Waals surface area (Å²) in [6.07, 6.45) is -0.366. The lowest BCUT2D eigenvalue weighted by molar-refractivity contribution is -0.142. The Kier molecular flexibility index (Phi) is 5.46. The van der Waals surface area contributed by atoms with Crippen molar-refractivity contribution >= 4 is 5.97 Å². The number of methoxy groups -OCH3 is 1. The Hall–Kier alpha value is -0.830. The zero-order chi connectivity index (χ0) is 11.3. The second-order valence-electron chi connectivity index (χ2n) is 3.86. The fraction of sp³-hybridized carbons (Fsp3) is 0.727. The molecule has 1 N–H and O–H groups in total. The van der Waals surface area contributed by atoms with Gasteiger partial charge in [0.15, 0.2) is 0 Å². The van der Waals surface area contributed by atoms with Gasteiger partial charge < -0.3 is 9.84 Å². The molecule has 0 fully saturated rings. The molecule has 0 amide bonds. The number of aliphatic hydroxyl groups is 1. The van der Waals surface area contributed by atoms with Gasteiger partial charge in [0, 0.05) is 5.92 Å². The van der Waals surface area contributed by atoms with Gasteiger partial charge >= 0.3 is 5.97 Å². The molecule has 0 aliphatic heterocycles. The SMILES string of the molecule is C=C(C(C)C)C(CC(=O)OC)C(C)O. The van der Waals surface area contributed by atoms with E-state index in [4.69, 9.17) is 0 Å². The van der Waals surface area contributed by atoms with Gasteiger partial charge in [-0.15, -0.1) is 0 Å². The first-order valence-electron chi connectivity index (χ1n) is 4.83. The Bertz CT molecular complexity index is 207. The summed E-state index contributed by atoms with van der Waals surface area (Å²) in [6.45, 7) is 9.55. The second-order valence-corrected chi connectivity index (χ2v) is 3.86. The fourth-order valence-electron chi connectivity index (χ4n) is 1.30. The number of aliphatic hydroxyl groups excluding tert-OH is 1. The zero-order valence-corrected chi connectivity index (χ0v) is 9.41. The molecular weight excluding hydrogens is 180 g/mol. The van der Waals surface area contributed by atoms with E-state index in [0.717, 1.165) is 5.57 Å². The number of carbonyl (C=O) groups excluding carboxylic acids is 1. The molecule has 0 saturated heterocycles. The van der Waals surface area contributed by atoms with Crippen LogP contribution >= 0.6 is 0 Å². The third-order valence-corrected chi connectivity index (χ3v) is 2.41. The second kappa shape index (κ2) is 5.81. The topological polar surface area (TPSA) is 46.5 Å². The summed E-state index contributed by atoms with van der Waals surface area (Å²) in [6, 6.07) is 0. The van der Waals surface area contributed by atoms with Crippen molar-refractivity contribution in [2.45, 2.75) is 33.3 Å². The molecule has 0 heterocycles. The molecule has 3 nitrogen and oxygen atoms in total. The van der Waals surface area contributed by atoms with Crippen molar-refractivity contribution in [2.24, 2.45) is 11.8 Å². The summed E-state index contributed by atoms with van der Waals surface area (Å²) in [5.41, 5.74) is 0.894. The number of carbonyl (C=O) groups is 1. The van der Waals surface area contributed by atoms with E-state index in [1.807, 2.05) is 13.8 Å². The minimum absolute atomic E-state index is 0.200. The summed E-state index contributed by atoms with van der Waals surface area (Å²) in [5.74, 6) is -0.251. The predicted molar refractivity (Wildman–Crippen MR) is 55.8 cm³/mol.